The highest BCUT2D eigenvalue weighted by molar-refractivity contribution is 5.91. The minimum Gasteiger partial charge on any atom is -0.353 e. The van der Waals surface area contributed by atoms with Crippen LogP contribution in [0.2, 0.25) is 0 Å². The monoisotopic (exact) mass is 258 g/mol. The predicted molar refractivity (Wildman–Crippen MR) is 73.2 cm³/mol. The van der Waals surface area contributed by atoms with Crippen molar-refractivity contribution in [2.75, 3.05) is 6.54 Å². The Balaban J connectivity index is 2.45. The van der Waals surface area contributed by atoms with Crippen LogP contribution in [0, 0.1) is 22.5 Å². The van der Waals surface area contributed by atoms with Crippen LogP contribution < -0.4 is 5.32 Å². The second kappa shape index (κ2) is 7.67. The van der Waals surface area contributed by atoms with Crippen molar-refractivity contribution in [1.82, 2.24) is 5.32 Å². The van der Waals surface area contributed by atoms with E-state index in [4.69, 9.17) is 6.42 Å². The second-order valence-electron chi connectivity index (χ2n) is 3.78. The lowest BCUT2D eigenvalue weighted by molar-refractivity contribution is -0.384. The number of nitro benzene ring substituents is 1. The van der Waals surface area contributed by atoms with Crippen molar-refractivity contribution >= 4 is 17.7 Å². The summed E-state index contributed by atoms with van der Waals surface area (Å²) in [5.74, 6) is 2.28. The average Bonchev–Trinajstić information content (AvgIpc) is 2.42. The van der Waals surface area contributed by atoms with Gasteiger partial charge in [-0.2, -0.15) is 0 Å². The molecule has 0 aromatic heterocycles. The molecule has 0 radical (unpaired) electrons. The number of non-ortho nitro benzene ring substituents is 1. The molecule has 1 rings (SSSR count). The van der Waals surface area contributed by atoms with Crippen LogP contribution in [-0.2, 0) is 4.79 Å². The number of rotatable bonds is 6. The molecule has 0 heterocycles. The van der Waals surface area contributed by atoms with Gasteiger partial charge in [-0.15, -0.1) is 12.3 Å². The number of amides is 1. The number of carbonyl (C=O) groups is 1. The van der Waals surface area contributed by atoms with Gasteiger partial charge < -0.3 is 5.32 Å². The van der Waals surface area contributed by atoms with E-state index in [2.05, 4.69) is 11.2 Å². The maximum Gasteiger partial charge on any atom is 0.269 e. The van der Waals surface area contributed by atoms with Gasteiger partial charge in [0.05, 0.1) is 4.92 Å². The number of nitro groups is 1. The van der Waals surface area contributed by atoms with Crippen LogP contribution >= 0.6 is 0 Å². The molecule has 98 valence electrons. The summed E-state index contributed by atoms with van der Waals surface area (Å²) >= 11 is 0. The summed E-state index contributed by atoms with van der Waals surface area (Å²) in [6.07, 6.45) is 9.45. The van der Waals surface area contributed by atoms with Crippen molar-refractivity contribution in [2.45, 2.75) is 12.8 Å². The number of terminal acetylenes is 1. The van der Waals surface area contributed by atoms with Crippen molar-refractivity contribution in [1.29, 1.82) is 0 Å². The molecule has 19 heavy (non-hydrogen) atoms. The lowest BCUT2D eigenvalue weighted by Crippen LogP contribution is -2.21. The van der Waals surface area contributed by atoms with Crippen LogP contribution in [0.1, 0.15) is 18.4 Å². The molecule has 0 aliphatic carbocycles. The summed E-state index contributed by atoms with van der Waals surface area (Å²) in [4.78, 5) is 21.4. The Morgan fingerprint density at radius 2 is 2.11 bits per heavy atom. The summed E-state index contributed by atoms with van der Waals surface area (Å²) in [6.45, 7) is 0.535. The number of hydrogen-bond acceptors (Lipinski definition) is 3. The Morgan fingerprint density at radius 3 is 2.68 bits per heavy atom. The van der Waals surface area contributed by atoms with Crippen molar-refractivity contribution in [3.8, 4) is 12.3 Å². The molecule has 0 atom stereocenters. The minimum atomic E-state index is -0.467. The highest BCUT2D eigenvalue weighted by Gasteiger charge is 2.02. The fraction of sp³-hybridized carbons (Fsp3) is 0.214. The molecule has 1 aromatic rings. The third-order valence-electron chi connectivity index (χ3n) is 2.33. The molecule has 0 aliphatic rings. The summed E-state index contributed by atoms with van der Waals surface area (Å²) in [6, 6.07) is 5.95. The Labute approximate surface area is 111 Å². The van der Waals surface area contributed by atoms with Gasteiger partial charge in [0, 0.05) is 31.2 Å². The first kappa shape index (κ1) is 14.5. The topological polar surface area (TPSA) is 72.2 Å². The van der Waals surface area contributed by atoms with Crippen LogP contribution in [0.5, 0.6) is 0 Å². The predicted octanol–water partition coefficient (Wildman–Crippen LogP) is 2.14. The number of nitrogens with one attached hydrogen (secondary N) is 1. The summed E-state index contributed by atoms with van der Waals surface area (Å²) in [5.41, 5.74) is 0.750. The molecule has 0 bridgehead atoms. The molecule has 0 saturated carbocycles. The lowest BCUT2D eigenvalue weighted by atomic mass is 10.2. The highest BCUT2D eigenvalue weighted by atomic mass is 16.6. The molecule has 5 nitrogen and oxygen atoms in total. The Bertz CT molecular complexity index is 512. The molecule has 1 amide bonds. The maximum absolute atomic E-state index is 11.4. The normalized spacial score (nSPS) is 10.1. The van der Waals surface area contributed by atoms with E-state index in [0.29, 0.717) is 13.0 Å². The molecule has 5 heteroatoms. The number of benzene rings is 1. The molecular formula is C14H14N2O3. The average molecular weight is 258 g/mol. The van der Waals surface area contributed by atoms with Gasteiger partial charge in [0.15, 0.2) is 0 Å². The number of carbonyl (C=O) groups excluding carboxylic acids is 1. The first-order valence-electron chi connectivity index (χ1n) is 5.77. The Morgan fingerprint density at radius 1 is 1.42 bits per heavy atom. The molecule has 0 fully saturated rings. The third-order valence-corrected chi connectivity index (χ3v) is 2.33. The summed E-state index contributed by atoms with van der Waals surface area (Å²) < 4.78 is 0. The fourth-order valence-corrected chi connectivity index (χ4v) is 1.34. The molecular weight excluding hydrogens is 244 g/mol. The SMILES string of the molecule is C#CCCCNC(=O)/C=C/c1ccc([N+](=O)[O-])cc1. The van der Waals surface area contributed by atoms with Crippen molar-refractivity contribution in [2.24, 2.45) is 0 Å². The number of nitrogens with zero attached hydrogens (tertiary/aromatic N) is 1. The van der Waals surface area contributed by atoms with Gasteiger partial charge in [-0.25, -0.2) is 0 Å². The summed E-state index contributed by atoms with van der Waals surface area (Å²) in [7, 11) is 0. The molecule has 0 spiro atoms. The largest absolute Gasteiger partial charge is 0.353 e. The van der Waals surface area contributed by atoms with Crippen molar-refractivity contribution in [3.63, 3.8) is 0 Å². The van der Waals surface area contributed by atoms with Crippen LogP contribution in [-0.4, -0.2) is 17.4 Å². The Kier molecular flexibility index (Phi) is 5.83. The third kappa shape index (κ3) is 5.50. The van der Waals surface area contributed by atoms with Gasteiger partial charge in [0.25, 0.3) is 5.69 Å². The van der Waals surface area contributed by atoms with Gasteiger partial charge in [-0.05, 0) is 30.2 Å². The minimum absolute atomic E-state index is 0.0240. The van der Waals surface area contributed by atoms with Crippen molar-refractivity contribution in [3.05, 3.63) is 46.0 Å². The van der Waals surface area contributed by atoms with E-state index in [1.165, 1.54) is 18.2 Å². The Hall–Kier alpha value is -2.61. The molecule has 0 aliphatic heterocycles. The highest BCUT2D eigenvalue weighted by Crippen LogP contribution is 2.12. The first-order chi connectivity index (χ1) is 9.13. The van der Waals surface area contributed by atoms with Crippen molar-refractivity contribution < 1.29 is 9.72 Å². The van der Waals surface area contributed by atoms with E-state index < -0.39 is 4.92 Å². The number of unbranched alkanes of at least 4 members (excludes halogenated alkanes) is 1. The second-order valence-corrected chi connectivity index (χ2v) is 3.78. The standard InChI is InChI=1S/C14H14N2O3/c1-2-3-4-11-15-14(17)10-7-12-5-8-13(9-6-12)16(18)19/h1,5-10H,3-4,11H2,(H,15,17)/b10-7+. The van der Waals surface area contributed by atoms with Gasteiger partial charge in [-0.1, -0.05) is 0 Å². The van der Waals surface area contributed by atoms with Gasteiger partial charge >= 0.3 is 0 Å². The van der Waals surface area contributed by atoms with Gasteiger partial charge in [0.1, 0.15) is 0 Å². The molecule has 1 N–H and O–H groups in total. The van der Waals surface area contributed by atoms with E-state index in [-0.39, 0.29) is 11.6 Å². The maximum atomic E-state index is 11.4. The van der Waals surface area contributed by atoms with E-state index >= 15 is 0 Å². The van der Waals surface area contributed by atoms with Crippen LogP contribution in [0.3, 0.4) is 0 Å². The smallest absolute Gasteiger partial charge is 0.269 e. The van der Waals surface area contributed by atoms with Crippen LogP contribution in [0.4, 0.5) is 5.69 Å². The van der Waals surface area contributed by atoms with E-state index in [0.717, 1.165) is 12.0 Å². The first-order valence-corrected chi connectivity index (χ1v) is 5.77. The van der Waals surface area contributed by atoms with E-state index in [1.54, 1.807) is 18.2 Å². The van der Waals surface area contributed by atoms with E-state index in [1.807, 2.05) is 0 Å². The number of hydrogen-bond donors (Lipinski definition) is 1. The fourth-order valence-electron chi connectivity index (χ4n) is 1.34. The molecule has 0 unspecified atom stereocenters. The van der Waals surface area contributed by atoms with Crippen LogP contribution in [0.25, 0.3) is 6.08 Å². The molecule has 0 saturated heterocycles. The lowest BCUT2D eigenvalue weighted by Gasteiger charge is -1.99. The van der Waals surface area contributed by atoms with Gasteiger partial charge in [0.2, 0.25) is 5.91 Å². The summed E-state index contributed by atoms with van der Waals surface area (Å²) in [5, 5.41) is 13.1. The van der Waals surface area contributed by atoms with E-state index in [9.17, 15) is 14.9 Å². The van der Waals surface area contributed by atoms with Crippen LogP contribution in [0.15, 0.2) is 30.3 Å². The quantitative estimate of drug-likeness (QED) is 0.279. The zero-order valence-corrected chi connectivity index (χ0v) is 10.3. The zero-order valence-electron chi connectivity index (χ0n) is 10.3. The molecule has 1 aromatic carbocycles. The zero-order chi connectivity index (χ0) is 14.1. The van der Waals surface area contributed by atoms with Gasteiger partial charge in [-0.3, -0.25) is 14.9 Å².